The smallest absolute Gasteiger partial charge is 0.240 e. The minimum atomic E-state index is -0.467. The Morgan fingerprint density at radius 1 is 1.35 bits per heavy atom. The summed E-state index contributed by atoms with van der Waals surface area (Å²) in [5.41, 5.74) is 5.29. The molecule has 2 rings (SSSR count). The number of likely N-dealkylation sites (tertiary alicyclic amines) is 1. The summed E-state index contributed by atoms with van der Waals surface area (Å²) in [7, 11) is 0. The number of carbonyl (C=O) groups is 2. The number of hydrogen-bond acceptors (Lipinski definition) is 4. The molecule has 2 heterocycles. The van der Waals surface area contributed by atoms with E-state index in [2.05, 4.69) is 10.6 Å². The van der Waals surface area contributed by atoms with Crippen LogP contribution in [-0.4, -0.2) is 54.5 Å². The van der Waals surface area contributed by atoms with E-state index in [1.807, 2.05) is 6.92 Å². The maximum Gasteiger partial charge on any atom is 0.240 e. The molecule has 2 aliphatic rings. The summed E-state index contributed by atoms with van der Waals surface area (Å²) in [5, 5.41) is 6.20. The van der Waals surface area contributed by atoms with Crippen molar-refractivity contribution in [2.45, 2.75) is 37.8 Å². The van der Waals surface area contributed by atoms with Crippen LogP contribution in [0.3, 0.4) is 0 Å². The molecule has 0 saturated carbocycles. The van der Waals surface area contributed by atoms with Gasteiger partial charge in [0, 0.05) is 26.2 Å². The van der Waals surface area contributed by atoms with Gasteiger partial charge in [-0.3, -0.25) is 9.59 Å². The molecule has 0 bridgehead atoms. The lowest BCUT2D eigenvalue weighted by atomic mass is 9.85. The van der Waals surface area contributed by atoms with Crippen molar-refractivity contribution in [1.29, 1.82) is 0 Å². The summed E-state index contributed by atoms with van der Waals surface area (Å²) in [6, 6.07) is -0.410. The minimum absolute atomic E-state index is 0. The molecule has 4 N–H and O–H groups in total. The van der Waals surface area contributed by atoms with Gasteiger partial charge in [0.25, 0.3) is 0 Å². The highest BCUT2D eigenvalue weighted by atomic mass is 35.5. The lowest BCUT2D eigenvalue weighted by molar-refractivity contribution is -0.139. The van der Waals surface area contributed by atoms with Crippen molar-refractivity contribution in [3.63, 3.8) is 0 Å². The Labute approximate surface area is 132 Å². The Morgan fingerprint density at radius 2 is 1.95 bits per heavy atom. The maximum atomic E-state index is 12.0. The first-order valence-corrected chi connectivity index (χ1v) is 6.67. The molecule has 0 radical (unpaired) electrons. The molecule has 0 aliphatic carbocycles. The fraction of sp³-hybridized carbons (Fsp3) is 0.833. The van der Waals surface area contributed by atoms with Gasteiger partial charge in [0.05, 0.1) is 6.04 Å². The Morgan fingerprint density at radius 3 is 2.45 bits per heavy atom. The predicted molar refractivity (Wildman–Crippen MR) is 82.3 cm³/mol. The second-order valence-corrected chi connectivity index (χ2v) is 5.10. The van der Waals surface area contributed by atoms with Gasteiger partial charge in [-0.1, -0.05) is 6.92 Å². The molecule has 6 nitrogen and oxygen atoms in total. The molecule has 2 amide bonds. The van der Waals surface area contributed by atoms with Crippen LogP contribution in [0.2, 0.25) is 0 Å². The van der Waals surface area contributed by atoms with E-state index in [4.69, 9.17) is 5.73 Å². The van der Waals surface area contributed by atoms with Crippen LogP contribution in [0.5, 0.6) is 0 Å². The van der Waals surface area contributed by atoms with Gasteiger partial charge in [-0.15, -0.1) is 24.8 Å². The molecule has 0 aromatic carbocycles. The first-order valence-electron chi connectivity index (χ1n) is 6.67. The van der Waals surface area contributed by atoms with Crippen molar-refractivity contribution < 1.29 is 9.59 Å². The number of nitrogens with two attached hydrogens (primary N) is 1. The normalized spacial score (nSPS) is 22.3. The van der Waals surface area contributed by atoms with E-state index >= 15 is 0 Å². The highest BCUT2D eigenvalue weighted by Crippen LogP contribution is 2.24. The molecular formula is C12H24Cl2N4O2. The lowest BCUT2D eigenvalue weighted by Gasteiger charge is -2.43. The van der Waals surface area contributed by atoms with E-state index in [-0.39, 0.29) is 36.6 Å². The van der Waals surface area contributed by atoms with Crippen LogP contribution < -0.4 is 16.4 Å². The van der Waals surface area contributed by atoms with Crippen molar-refractivity contribution in [2.24, 2.45) is 5.73 Å². The molecule has 1 atom stereocenters. The van der Waals surface area contributed by atoms with Crippen LogP contribution in [0.1, 0.15) is 26.2 Å². The number of rotatable bonds is 2. The molecule has 2 saturated heterocycles. The summed E-state index contributed by atoms with van der Waals surface area (Å²) in [6.45, 7) is 4.60. The van der Waals surface area contributed by atoms with Crippen molar-refractivity contribution in [3.05, 3.63) is 0 Å². The average molecular weight is 327 g/mol. The van der Waals surface area contributed by atoms with Gasteiger partial charge in [-0.25, -0.2) is 0 Å². The first-order chi connectivity index (χ1) is 8.59. The second-order valence-electron chi connectivity index (χ2n) is 5.10. The molecule has 1 spiro atoms. The molecule has 0 aromatic heterocycles. The third-order valence-corrected chi connectivity index (χ3v) is 3.99. The monoisotopic (exact) mass is 326 g/mol. The van der Waals surface area contributed by atoms with E-state index in [0.717, 1.165) is 6.54 Å². The summed E-state index contributed by atoms with van der Waals surface area (Å²) < 4.78 is 0. The Bertz CT molecular complexity index is 346. The zero-order valence-corrected chi connectivity index (χ0v) is 13.3. The van der Waals surface area contributed by atoms with Gasteiger partial charge >= 0.3 is 0 Å². The van der Waals surface area contributed by atoms with Crippen LogP contribution in [0.4, 0.5) is 0 Å². The van der Waals surface area contributed by atoms with Gasteiger partial charge in [0.2, 0.25) is 11.8 Å². The number of hydrogen-bond donors (Lipinski definition) is 3. The highest BCUT2D eigenvalue weighted by molar-refractivity contribution is 5.88. The van der Waals surface area contributed by atoms with Gasteiger partial charge in [0.1, 0.15) is 5.54 Å². The quantitative estimate of drug-likeness (QED) is 0.647. The van der Waals surface area contributed by atoms with Gasteiger partial charge < -0.3 is 21.3 Å². The second kappa shape index (κ2) is 8.02. The zero-order chi connectivity index (χ0) is 13.2. The number of piperazine rings is 1. The third kappa shape index (κ3) is 3.75. The van der Waals surface area contributed by atoms with Crippen molar-refractivity contribution >= 4 is 36.6 Å². The van der Waals surface area contributed by atoms with Crippen LogP contribution >= 0.6 is 24.8 Å². The van der Waals surface area contributed by atoms with Crippen LogP contribution in [0.15, 0.2) is 0 Å². The number of carbonyl (C=O) groups excluding carboxylic acids is 2. The van der Waals surface area contributed by atoms with Crippen molar-refractivity contribution in [2.75, 3.05) is 26.2 Å². The zero-order valence-electron chi connectivity index (χ0n) is 11.7. The Kier molecular flexibility index (Phi) is 7.80. The average Bonchev–Trinajstić information content (AvgIpc) is 2.41. The number of nitrogens with zero attached hydrogens (tertiary/aromatic N) is 1. The topological polar surface area (TPSA) is 87.5 Å². The Balaban J connectivity index is 0.00000180. The molecule has 8 heteroatoms. The Hall–Kier alpha value is -0.560. The highest BCUT2D eigenvalue weighted by Gasteiger charge is 2.43. The first kappa shape index (κ1) is 19.4. The third-order valence-electron chi connectivity index (χ3n) is 3.99. The molecule has 0 unspecified atom stereocenters. The largest absolute Gasteiger partial charge is 0.353 e. The number of piperidine rings is 1. The SMILES string of the molecule is CC[C@H](N)C(=O)N1CCC2(CC1)NCCNC2=O.Cl.Cl. The molecule has 2 aliphatic heterocycles. The molecule has 20 heavy (non-hydrogen) atoms. The van der Waals surface area contributed by atoms with E-state index < -0.39 is 11.6 Å². The number of nitrogens with one attached hydrogen (secondary N) is 2. The molecular weight excluding hydrogens is 303 g/mol. The summed E-state index contributed by atoms with van der Waals surface area (Å²) in [4.78, 5) is 25.7. The number of halogens is 2. The lowest BCUT2D eigenvalue weighted by Crippen LogP contribution is -2.67. The molecule has 118 valence electrons. The van der Waals surface area contributed by atoms with Gasteiger partial charge in [0.15, 0.2) is 0 Å². The van der Waals surface area contributed by atoms with E-state index in [0.29, 0.717) is 38.9 Å². The van der Waals surface area contributed by atoms with Crippen molar-refractivity contribution in [3.8, 4) is 0 Å². The summed E-state index contributed by atoms with van der Waals surface area (Å²) >= 11 is 0. The predicted octanol–water partition coefficient (Wildman–Crippen LogP) is -0.352. The fourth-order valence-electron chi connectivity index (χ4n) is 2.65. The van der Waals surface area contributed by atoms with Crippen LogP contribution in [-0.2, 0) is 9.59 Å². The molecule has 0 aromatic rings. The number of amides is 2. The van der Waals surface area contributed by atoms with Crippen LogP contribution in [0.25, 0.3) is 0 Å². The fourth-order valence-corrected chi connectivity index (χ4v) is 2.65. The van der Waals surface area contributed by atoms with Crippen molar-refractivity contribution in [1.82, 2.24) is 15.5 Å². The standard InChI is InChI=1S/C12H22N4O2.2ClH/c1-2-9(13)10(17)16-7-3-12(4-8-16)11(18)14-5-6-15-12;;/h9,15H,2-8,13H2,1H3,(H,14,18);2*1H/t9-;;/m0../s1. The maximum absolute atomic E-state index is 12.0. The van der Waals surface area contributed by atoms with Gasteiger partial charge in [-0.2, -0.15) is 0 Å². The van der Waals surface area contributed by atoms with E-state index in [1.54, 1.807) is 4.90 Å². The molecule has 2 fully saturated rings. The minimum Gasteiger partial charge on any atom is -0.353 e. The van der Waals surface area contributed by atoms with E-state index in [1.165, 1.54) is 0 Å². The van der Waals surface area contributed by atoms with Crippen LogP contribution in [0, 0.1) is 0 Å². The summed E-state index contributed by atoms with van der Waals surface area (Å²) in [6.07, 6.45) is 1.99. The van der Waals surface area contributed by atoms with E-state index in [9.17, 15) is 9.59 Å². The van der Waals surface area contributed by atoms with Gasteiger partial charge in [-0.05, 0) is 19.3 Å². The summed E-state index contributed by atoms with van der Waals surface area (Å²) in [5.74, 6) is 0.0733.